The van der Waals surface area contributed by atoms with Crippen LogP contribution in [0.3, 0.4) is 0 Å². The highest BCUT2D eigenvalue weighted by atomic mass is 16.5. The van der Waals surface area contributed by atoms with Crippen LogP contribution in [0.4, 0.5) is 11.6 Å². The summed E-state index contributed by atoms with van der Waals surface area (Å²) in [7, 11) is 3.70. The first-order chi connectivity index (χ1) is 11.7. The highest BCUT2D eigenvalue weighted by molar-refractivity contribution is 5.47. The van der Waals surface area contributed by atoms with E-state index in [0.717, 1.165) is 36.1 Å². The van der Waals surface area contributed by atoms with Crippen molar-refractivity contribution >= 4 is 11.6 Å². The van der Waals surface area contributed by atoms with Gasteiger partial charge in [-0.15, -0.1) is 0 Å². The van der Waals surface area contributed by atoms with Crippen LogP contribution in [-0.4, -0.2) is 43.8 Å². The molecule has 0 aliphatic heterocycles. The molecule has 1 N–H and O–H groups in total. The number of hydrogen-bond donors (Lipinski definition) is 1. The minimum atomic E-state index is 0.553. The van der Waals surface area contributed by atoms with Crippen molar-refractivity contribution in [3.63, 3.8) is 0 Å². The molecular weight excluding hydrogens is 304 g/mol. The Morgan fingerprint density at radius 2 is 1.88 bits per heavy atom. The average Bonchev–Trinajstić information content (AvgIpc) is 2.64. The molecule has 6 heteroatoms. The molecule has 130 valence electrons. The molecule has 0 radical (unpaired) electrons. The second-order valence-corrected chi connectivity index (χ2v) is 5.49. The summed E-state index contributed by atoms with van der Waals surface area (Å²) in [6.07, 6.45) is 3.91. The zero-order chi connectivity index (χ0) is 17.2. The first-order valence-electron chi connectivity index (χ1n) is 8.27. The summed E-state index contributed by atoms with van der Waals surface area (Å²) >= 11 is 0. The zero-order valence-electron chi connectivity index (χ0n) is 14.7. The Labute approximate surface area is 143 Å². The number of rotatable bonds is 10. The standard InChI is InChI=1S/C18H26N4O2/c1-4-5-11-22(2)18-13-17(20-14-21-18)19-10-12-24-16-8-6-15(23-3)7-9-16/h6-9,13-14H,4-5,10-12H2,1-3H3,(H,19,20,21). The summed E-state index contributed by atoms with van der Waals surface area (Å²) in [4.78, 5) is 10.7. The van der Waals surface area contributed by atoms with E-state index in [1.807, 2.05) is 30.3 Å². The Balaban J connectivity index is 1.77. The van der Waals surface area contributed by atoms with Gasteiger partial charge in [-0.05, 0) is 30.7 Å². The lowest BCUT2D eigenvalue weighted by Crippen LogP contribution is -2.20. The molecule has 1 aromatic carbocycles. The van der Waals surface area contributed by atoms with Crippen LogP contribution in [-0.2, 0) is 0 Å². The molecular formula is C18H26N4O2. The van der Waals surface area contributed by atoms with Gasteiger partial charge in [-0.2, -0.15) is 0 Å². The van der Waals surface area contributed by atoms with Crippen molar-refractivity contribution in [1.82, 2.24) is 9.97 Å². The van der Waals surface area contributed by atoms with Gasteiger partial charge in [0.25, 0.3) is 0 Å². The minimum absolute atomic E-state index is 0.553. The maximum absolute atomic E-state index is 5.69. The SMILES string of the molecule is CCCCN(C)c1cc(NCCOc2ccc(OC)cc2)ncn1. The van der Waals surface area contributed by atoms with E-state index in [9.17, 15) is 0 Å². The van der Waals surface area contributed by atoms with Crippen LogP contribution in [0.25, 0.3) is 0 Å². The number of hydrogen-bond acceptors (Lipinski definition) is 6. The lowest BCUT2D eigenvalue weighted by atomic mass is 10.3. The Bertz CT molecular complexity index is 604. The molecule has 1 aromatic heterocycles. The molecule has 0 aliphatic rings. The number of nitrogens with one attached hydrogen (secondary N) is 1. The van der Waals surface area contributed by atoms with E-state index in [2.05, 4.69) is 34.2 Å². The molecule has 0 spiro atoms. The Kier molecular flexibility index (Phi) is 7.14. The molecule has 24 heavy (non-hydrogen) atoms. The van der Waals surface area contributed by atoms with Crippen molar-refractivity contribution < 1.29 is 9.47 Å². The molecule has 2 aromatic rings. The fraction of sp³-hybridized carbons (Fsp3) is 0.444. The normalized spacial score (nSPS) is 10.3. The molecule has 1 heterocycles. The Morgan fingerprint density at radius 1 is 1.12 bits per heavy atom. The van der Waals surface area contributed by atoms with Crippen molar-refractivity contribution in [3.8, 4) is 11.5 Å². The van der Waals surface area contributed by atoms with Crippen LogP contribution in [0.2, 0.25) is 0 Å². The van der Waals surface area contributed by atoms with Gasteiger partial charge in [0, 0.05) is 19.7 Å². The topological polar surface area (TPSA) is 59.5 Å². The molecule has 0 atom stereocenters. The van der Waals surface area contributed by atoms with Gasteiger partial charge < -0.3 is 19.7 Å². The second-order valence-electron chi connectivity index (χ2n) is 5.49. The smallest absolute Gasteiger partial charge is 0.133 e. The van der Waals surface area contributed by atoms with Crippen molar-refractivity contribution in [3.05, 3.63) is 36.7 Å². The van der Waals surface area contributed by atoms with Gasteiger partial charge >= 0.3 is 0 Å². The quantitative estimate of drug-likeness (QED) is 0.675. The summed E-state index contributed by atoms with van der Waals surface area (Å²) in [6, 6.07) is 9.51. The number of unbranched alkanes of at least 4 members (excludes halogenated alkanes) is 1. The third kappa shape index (κ3) is 5.61. The highest BCUT2D eigenvalue weighted by Crippen LogP contribution is 2.17. The monoisotopic (exact) mass is 330 g/mol. The highest BCUT2D eigenvalue weighted by Gasteiger charge is 2.04. The van der Waals surface area contributed by atoms with Gasteiger partial charge in [-0.25, -0.2) is 9.97 Å². The van der Waals surface area contributed by atoms with Crippen LogP contribution in [0.15, 0.2) is 36.7 Å². The minimum Gasteiger partial charge on any atom is -0.497 e. The number of aromatic nitrogens is 2. The van der Waals surface area contributed by atoms with Gasteiger partial charge in [-0.3, -0.25) is 0 Å². The molecule has 0 unspecified atom stereocenters. The molecule has 0 saturated carbocycles. The lowest BCUT2D eigenvalue weighted by molar-refractivity contribution is 0.331. The van der Waals surface area contributed by atoms with E-state index in [1.54, 1.807) is 13.4 Å². The van der Waals surface area contributed by atoms with Crippen LogP contribution in [0.5, 0.6) is 11.5 Å². The van der Waals surface area contributed by atoms with Gasteiger partial charge in [0.05, 0.1) is 13.7 Å². The van der Waals surface area contributed by atoms with Crippen molar-refractivity contribution in [2.45, 2.75) is 19.8 Å². The number of ether oxygens (including phenoxy) is 2. The largest absolute Gasteiger partial charge is 0.497 e. The van der Waals surface area contributed by atoms with E-state index < -0.39 is 0 Å². The van der Waals surface area contributed by atoms with Crippen LogP contribution in [0.1, 0.15) is 19.8 Å². The Morgan fingerprint density at radius 3 is 2.58 bits per heavy atom. The summed E-state index contributed by atoms with van der Waals surface area (Å²) in [5.74, 6) is 3.38. The summed E-state index contributed by atoms with van der Waals surface area (Å²) in [5, 5.41) is 3.26. The van der Waals surface area contributed by atoms with Gasteiger partial charge in [0.15, 0.2) is 0 Å². The van der Waals surface area contributed by atoms with Crippen LogP contribution >= 0.6 is 0 Å². The fourth-order valence-corrected chi connectivity index (χ4v) is 2.18. The molecule has 0 bridgehead atoms. The second kappa shape index (κ2) is 9.60. The maximum Gasteiger partial charge on any atom is 0.133 e. The average molecular weight is 330 g/mol. The van der Waals surface area contributed by atoms with E-state index in [1.165, 1.54) is 6.42 Å². The van der Waals surface area contributed by atoms with Crippen LogP contribution < -0.4 is 19.7 Å². The Hall–Kier alpha value is -2.50. The summed E-state index contributed by atoms with van der Waals surface area (Å²) < 4.78 is 10.8. The van der Waals surface area contributed by atoms with E-state index in [4.69, 9.17) is 9.47 Å². The van der Waals surface area contributed by atoms with E-state index in [-0.39, 0.29) is 0 Å². The van der Waals surface area contributed by atoms with Crippen molar-refractivity contribution in [2.75, 3.05) is 44.1 Å². The molecule has 0 saturated heterocycles. The molecule has 0 aliphatic carbocycles. The number of nitrogens with zero attached hydrogens (tertiary/aromatic N) is 3. The fourth-order valence-electron chi connectivity index (χ4n) is 2.18. The predicted octanol–water partition coefficient (Wildman–Crippen LogP) is 3.21. The number of benzene rings is 1. The zero-order valence-corrected chi connectivity index (χ0v) is 14.7. The van der Waals surface area contributed by atoms with Crippen molar-refractivity contribution in [2.24, 2.45) is 0 Å². The number of methoxy groups -OCH3 is 1. The maximum atomic E-state index is 5.69. The van der Waals surface area contributed by atoms with E-state index >= 15 is 0 Å². The van der Waals surface area contributed by atoms with Gasteiger partial charge in [0.1, 0.15) is 36.1 Å². The predicted molar refractivity (Wildman–Crippen MR) is 97.2 cm³/mol. The van der Waals surface area contributed by atoms with Crippen molar-refractivity contribution in [1.29, 1.82) is 0 Å². The number of anilines is 2. The molecule has 2 rings (SSSR count). The summed E-state index contributed by atoms with van der Waals surface area (Å²) in [6.45, 7) is 4.40. The third-order valence-corrected chi connectivity index (χ3v) is 3.63. The molecule has 0 fully saturated rings. The summed E-state index contributed by atoms with van der Waals surface area (Å²) in [5.41, 5.74) is 0. The van der Waals surface area contributed by atoms with Gasteiger partial charge in [-0.1, -0.05) is 13.3 Å². The van der Waals surface area contributed by atoms with Crippen LogP contribution in [0, 0.1) is 0 Å². The van der Waals surface area contributed by atoms with E-state index in [0.29, 0.717) is 13.2 Å². The first-order valence-corrected chi connectivity index (χ1v) is 8.27. The lowest BCUT2D eigenvalue weighted by Gasteiger charge is -2.18. The van der Waals surface area contributed by atoms with Gasteiger partial charge in [0.2, 0.25) is 0 Å². The first kappa shape index (κ1) is 17.8. The third-order valence-electron chi connectivity index (χ3n) is 3.63. The molecule has 0 amide bonds. The molecule has 6 nitrogen and oxygen atoms in total.